The first kappa shape index (κ1) is 17.0. The third kappa shape index (κ3) is 4.37. The van der Waals surface area contributed by atoms with Crippen LogP contribution in [0.4, 0.5) is 0 Å². The standard InChI is InChI=1S/C16H13ClN2O3S2/c17-10-1-3-11(4-2-10)23-8-6-14(20)22-9-13-18-12-5-7-24-15(12)16(21)19-13/h1-5,7H,6,8-9H2,(H,18,19,21). The van der Waals surface area contributed by atoms with Crippen LogP contribution in [0.5, 0.6) is 0 Å². The Labute approximate surface area is 151 Å². The molecule has 0 saturated carbocycles. The number of ether oxygens (including phenoxy) is 1. The lowest BCUT2D eigenvalue weighted by molar-refractivity contribution is -0.144. The number of esters is 1. The van der Waals surface area contributed by atoms with Crippen LogP contribution in [0.3, 0.4) is 0 Å². The molecule has 1 aromatic carbocycles. The highest BCUT2D eigenvalue weighted by Gasteiger charge is 2.08. The first-order valence-corrected chi connectivity index (χ1v) is 9.36. The van der Waals surface area contributed by atoms with Crippen molar-refractivity contribution in [2.24, 2.45) is 0 Å². The normalized spacial score (nSPS) is 10.9. The van der Waals surface area contributed by atoms with Crippen molar-refractivity contribution >= 4 is 50.9 Å². The molecule has 0 fully saturated rings. The molecule has 3 rings (SSSR count). The minimum absolute atomic E-state index is 0.0362. The third-order valence-electron chi connectivity index (χ3n) is 3.12. The summed E-state index contributed by atoms with van der Waals surface area (Å²) in [6, 6.07) is 9.20. The van der Waals surface area contributed by atoms with Gasteiger partial charge in [0.05, 0.1) is 11.9 Å². The lowest BCUT2D eigenvalue weighted by atomic mass is 10.4. The van der Waals surface area contributed by atoms with Crippen LogP contribution in [0.15, 0.2) is 45.4 Å². The van der Waals surface area contributed by atoms with Crippen LogP contribution >= 0.6 is 34.7 Å². The quantitative estimate of drug-likeness (QED) is 0.519. The van der Waals surface area contributed by atoms with Crippen LogP contribution in [0.25, 0.3) is 10.2 Å². The molecule has 24 heavy (non-hydrogen) atoms. The zero-order chi connectivity index (χ0) is 16.9. The summed E-state index contributed by atoms with van der Waals surface area (Å²) in [6.07, 6.45) is 0.276. The Morgan fingerprint density at radius 1 is 1.29 bits per heavy atom. The van der Waals surface area contributed by atoms with E-state index < -0.39 is 0 Å². The van der Waals surface area contributed by atoms with Gasteiger partial charge in [-0.05, 0) is 35.7 Å². The molecule has 1 N–H and O–H groups in total. The van der Waals surface area contributed by atoms with Crippen LogP contribution in [0.1, 0.15) is 12.2 Å². The highest BCUT2D eigenvalue weighted by atomic mass is 35.5. The molecule has 5 nitrogen and oxygen atoms in total. The number of hydrogen-bond acceptors (Lipinski definition) is 6. The minimum Gasteiger partial charge on any atom is -0.457 e. The molecular weight excluding hydrogens is 368 g/mol. The summed E-state index contributed by atoms with van der Waals surface area (Å²) in [4.78, 5) is 31.5. The number of benzene rings is 1. The van der Waals surface area contributed by atoms with E-state index in [0.717, 1.165) is 4.90 Å². The van der Waals surface area contributed by atoms with Gasteiger partial charge in [-0.25, -0.2) is 4.98 Å². The van der Waals surface area contributed by atoms with Crippen LogP contribution in [-0.2, 0) is 16.1 Å². The summed E-state index contributed by atoms with van der Waals surface area (Å²) in [5, 5.41) is 2.49. The molecule has 0 aliphatic rings. The number of aromatic nitrogens is 2. The molecular formula is C16H13ClN2O3S2. The fourth-order valence-corrected chi connectivity index (χ4v) is 3.68. The fraction of sp³-hybridized carbons (Fsp3) is 0.188. The third-order valence-corrected chi connectivity index (χ3v) is 5.29. The maximum absolute atomic E-state index is 11.8. The van der Waals surface area contributed by atoms with Crippen molar-refractivity contribution < 1.29 is 9.53 Å². The molecule has 2 aromatic heterocycles. The van der Waals surface area contributed by atoms with Gasteiger partial charge in [-0.15, -0.1) is 23.1 Å². The average Bonchev–Trinajstić information content (AvgIpc) is 3.04. The predicted octanol–water partition coefficient (Wildman–Crippen LogP) is 3.86. The van der Waals surface area contributed by atoms with Gasteiger partial charge in [0.15, 0.2) is 0 Å². The molecule has 0 bridgehead atoms. The van der Waals surface area contributed by atoms with E-state index in [1.807, 2.05) is 24.3 Å². The molecule has 0 aliphatic heterocycles. The van der Waals surface area contributed by atoms with Crippen LogP contribution in [0, 0.1) is 0 Å². The average molecular weight is 381 g/mol. The van der Waals surface area contributed by atoms with Gasteiger partial charge in [0.1, 0.15) is 17.1 Å². The second kappa shape index (κ2) is 7.83. The van der Waals surface area contributed by atoms with Gasteiger partial charge in [0, 0.05) is 15.7 Å². The van der Waals surface area contributed by atoms with E-state index in [0.29, 0.717) is 26.8 Å². The van der Waals surface area contributed by atoms with E-state index >= 15 is 0 Å². The number of thioether (sulfide) groups is 1. The second-order valence-electron chi connectivity index (χ2n) is 4.86. The maximum atomic E-state index is 11.8. The fourth-order valence-electron chi connectivity index (χ4n) is 1.99. The van der Waals surface area contributed by atoms with Crippen molar-refractivity contribution in [3.63, 3.8) is 0 Å². The maximum Gasteiger partial charge on any atom is 0.307 e. The Balaban J connectivity index is 1.48. The Bertz CT molecular complexity index is 906. The molecule has 124 valence electrons. The van der Waals surface area contributed by atoms with Crippen molar-refractivity contribution in [1.29, 1.82) is 0 Å². The SMILES string of the molecule is O=C(CCSc1ccc(Cl)cc1)OCc1nc2ccsc2c(=O)[nH]1. The highest BCUT2D eigenvalue weighted by Crippen LogP contribution is 2.21. The molecule has 8 heteroatoms. The summed E-state index contributed by atoms with van der Waals surface area (Å²) in [6.45, 7) is -0.0362. The summed E-state index contributed by atoms with van der Waals surface area (Å²) < 4.78 is 5.74. The molecule has 0 radical (unpaired) electrons. The topological polar surface area (TPSA) is 72.0 Å². The molecule has 0 atom stereocenters. The zero-order valence-electron chi connectivity index (χ0n) is 12.5. The van der Waals surface area contributed by atoms with E-state index in [2.05, 4.69) is 9.97 Å². The Morgan fingerprint density at radius 2 is 2.08 bits per heavy atom. The number of thiophene rings is 1. The predicted molar refractivity (Wildman–Crippen MR) is 96.8 cm³/mol. The number of nitrogens with one attached hydrogen (secondary N) is 1. The van der Waals surface area contributed by atoms with Crippen molar-refractivity contribution in [2.45, 2.75) is 17.9 Å². The van der Waals surface area contributed by atoms with Crippen LogP contribution < -0.4 is 5.56 Å². The van der Waals surface area contributed by atoms with Gasteiger partial charge in [-0.1, -0.05) is 11.6 Å². The molecule has 0 unspecified atom stereocenters. The minimum atomic E-state index is -0.329. The van der Waals surface area contributed by atoms with Gasteiger partial charge in [0.25, 0.3) is 5.56 Å². The first-order chi connectivity index (χ1) is 11.6. The number of rotatable bonds is 6. The molecule has 3 aromatic rings. The van der Waals surface area contributed by atoms with Gasteiger partial charge in [-0.3, -0.25) is 9.59 Å². The van der Waals surface area contributed by atoms with Crippen molar-refractivity contribution in [3.8, 4) is 0 Å². The largest absolute Gasteiger partial charge is 0.457 e. The van der Waals surface area contributed by atoms with Gasteiger partial charge in [0.2, 0.25) is 0 Å². The second-order valence-corrected chi connectivity index (χ2v) is 7.38. The Kier molecular flexibility index (Phi) is 5.55. The Morgan fingerprint density at radius 3 is 2.88 bits per heavy atom. The lowest BCUT2D eigenvalue weighted by Crippen LogP contribution is -2.13. The summed E-state index contributed by atoms with van der Waals surface area (Å²) in [5.74, 6) is 0.627. The van der Waals surface area contributed by atoms with Gasteiger partial charge in [-0.2, -0.15) is 0 Å². The number of fused-ring (bicyclic) bond motifs is 1. The van der Waals surface area contributed by atoms with E-state index in [9.17, 15) is 9.59 Å². The number of carbonyl (C=O) groups is 1. The monoisotopic (exact) mass is 380 g/mol. The summed E-state index contributed by atoms with van der Waals surface area (Å²) >= 11 is 8.71. The lowest BCUT2D eigenvalue weighted by Gasteiger charge is -2.05. The van der Waals surface area contributed by atoms with Gasteiger partial charge < -0.3 is 9.72 Å². The van der Waals surface area contributed by atoms with E-state index in [4.69, 9.17) is 16.3 Å². The smallest absolute Gasteiger partial charge is 0.307 e. The molecule has 0 amide bonds. The van der Waals surface area contributed by atoms with Crippen LogP contribution in [-0.4, -0.2) is 21.7 Å². The molecule has 0 saturated heterocycles. The number of hydrogen-bond donors (Lipinski definition) is 1. The van der Waals surface area contributed by atoms with Crippen molar-refractivity contribution in [1.82, 2.24) is 9.97 Å². The zero-order valence-corrected chi connectivity index (χ0v) is 14.8. The van der Waals surface area contributed by atoms with Crippen molar-refractivity contribution in [2.75, 3.05) is 5.75 Å². The number of halogens is 1. The van der Waals surface area contributed by atoms with Gasteiger partial charge >= 0.3 is 5.97 Å². The van der Waals surface area contributed by atoms with Crippen LogP contribution in [0.2, 0.25) is 5.02 Å². The molecule has 2 heterocycles. The number of H-pyrrole nitrogens is 1. The van der Waals surface area contributed by atoms with Crippen molar-refractivity contribution in [3.05, 3.63) is 56.9 Å². The first-order valence-electron chi connectivity index (χ1n) is 7.12. The van der Waals surface area contributed by atoms with E-state index in [1.54, 1.807) is 23.2 Å². The number of carbonyl (C=O) groups excluding carboxylic acids is 1. The summed E-state index contributed by atoms with van der Waals surface area (Å²) in [5.41, 5.74) is 0.410. The molecule has 0 aliphatic carbocycles. The molecule has 0 spiro atoms. The number of aromatic amines is 1. The van der Waals surface area contributed by atoms with E-state index in [1.165, 1.54) is 11.3 Å². The Hall–Kier alpha value is -1.83. The highest BCUT2D eigenvalue weighted by molar-refractivity contribution is 7.99. The number of nitrogens with zero attached hydrogens (tertiary/aromatic N) is 1. The summed E-state index contributed by atoms with van der Waals surface area (Å²) in [7, 11) is 0. The van der Waals surface area contributed by atoms with E-state index in [-0.39, 0.29) is 24.6 Å².